The van der Waals surface area contributed by atoms with E-state index in [2.05, 4.69) is 23.8 Å². The van der Waals surface area contributed by atoms with E-state index in [0.29, 0.717) is 16.7 Å². The fourth-order valence-corrected chi connectivity index (χ4v) is 4.37. The van der Waals surface area contributed by atoms with Crippen molar-refractivity contribution in [1.82, 2.24) is 28.8 Å². The summed E-state index contributed by atoms with van der Waals surface area (Å²) in [5.74, 6) is -0.901. The second-order valence-electron chi connectivity index (χ2n) is 9.50. The molecule has 0 saturated carbocycles. The Morgan fingerprint density at radius 3 is 2.15 bits per heavy atom. The number of benzene rings is 2. The number of carbonyl (C=O) groups excluding carboxylic acids is 1. The van der Waals surface area contributed by atoms with Crippen LogP contribution in [0.3, 0.4) is 0 Å². The summed E-state index contributed by atoms with van der Waals surface area (Å²) in [6.45, 7) is 18.1. The number of rotatable bonds is 6. The van der Waals surface area contributed by atoms with Crippen molar-refractivity contribution in [2.45, 2.75) is 94.8 Å². The molecule has 3 aromatic heterocycles. The summed E-state index contributed by atoms with van der Waals surface area (Å²) in [4.78, 5) is 34.4. The number of nitrogens with zero attached hydrogens (tertiary/aromatic N) is 5. The fraction of sp³-hybridized carbons (Fsp3) is 0.429. The molecule has 2 aromatic carbocycles. The minimum absolute atomic E-state index is 0.455. The third-order valence-electron chi connectivity index (χ3n) is 6.49. The summed E-state index contributed by atoms with van der Waals surface area (Å²) in [6, 6.07) is 10.8. The lowest BCUT2D eigenvalue weighted by molar-refractivity contribution is -0.138. The lowest BCUT2D eigenvalue weighted by atomic mass is 10.1. The quantitative estimate of drug-likeness (QED) is 0.201. The van der Waals surface area contributed by atoms with Crippen molar-refractivity contribution >= 4 is 22.5 Å². The number of para-hydroxylation sites is 1. The Balaban J connectivity index is 0.000000952. The summed E-state index contributed by atoms with van der Waals surface area (Å²) in [5.41, 5.74) is 5.08. The average Bonchev–Trinajstić information content (AvgIpc) is 3.66. The maximum absolute atomic E-state index is 13.5. The van der Waals surface area contributed by atoms with E-state index in [1.54, 1.807) is 43.1 Å². The lowest BCUT2D eigenvalue weighted by Gasteiger charge is -2.11. The Morgan fingerprint density at radius 2 is 1.57 bits per heavy atom. The molecule has 0 radical (unpaired) electrons. The number of halogens is 3. The Kier molecular flexibility index (Phi) is 16.5. The van der Waals surface area contributed by atoms with Crippen molar-refractivity contribution in [3.63, 3.8) is 0 Å². The first-order valence-corrected chi connectivity index (χ1v) is 16.0. The van der Waals surface area contributed by atoms with Crippen molar-refractivity contribution in [2.75, 3.05) is 6.54 Å². The molecule has 0 fully saturated rings. The molecule has 3 heterocycles. The number of hydrogen-bond donors (Lipinski definition) is 1. The normalized spacial score (nSPS) is 10.4. The van der Waals surface area contributed by atoms with Crippen LogP contribution < -0.4 is 11.0 Å². The van der Waals surface area contributed by atoms with E-state index < -0.39 is 30.9 Å². The molecular formula is C35H49F3N6O2. The highest BCUT2D eigenvalue weighted by Crippen LogP contribution is 2.28. The standard InChI is InChI=1S/C25H21F3N6O2.C4H10.3C2H6/c1-15-4-3-5-19-23(15)34(24(36)33(19)12-21(35)31-13-25(26,27)28)18-7-6-17(10-16(18)2)22-20-11-29-14-32(20)9-8-30-22;1-3-4-2;3*1-2/h3-11,14H,12-13H2,1-2H3,(H,31,35);3-4H2,1-2H3;3*1-2H3. The van der Waals surface area contributed by atoms with Crippen LogP contribution >= 0.6 is 0 Å². The molecule has 0 aliphatic rings. The molecule has 0 bridgehead atoms. The van der Waals surface area contributed by atoms with E-state index in [-0.39, 0.29) is 0 Å². The zero-order chi connectivity index (χ0) is 35.0. The topological polar surface area (TPSA) is 86.2 Å². The Morgan fingerprint density at radius 1 is 0.913 bits per heavy atom. The van der Waals surface area contributed by atoms with E-state index >= 15 is 0 Å². The molecule has 0 aliphatic heterocycles. The highest BCUT2D eigenvalue weighted by Gasteiger charge is 2.28. The van der Waals surface area contributed by atoms with Gasteiger partial charge < -0.3 is 9.72 Å². The highest BCUT2D eigenvalue weighted by atomic mass is 19.4. The van der Waals surface area contributed by atoms with Gasteiger partial charge in [0, 0.05) is 18.0 Å². The summed E-state index contributed by atoms with van der Waals surface area (Å²) in [5, 5.41) is 1.83. The smallest absolute Gasteiger partial charge is 0.345 e. The third-order valence-corrected chi connectivity index (χ3v) is 6.49. The first kappa shape index (κ1) is 39.6. The van der Waals surface area contributed by atoms with Gasteiger partial charge in [0.15, 0.2) is 0 Å². The molecule has 1 N–H and O–H groups in total. The molecule has 0 saturated heterocycles. The van der Waals surface area contributed by atoms with Crippen LogP contribution in [0.25, 0.3) is 33.5 Å². The first-order chi connectivity index (χ1) is 22.1. The van der Waals surface area contributed by atoms with Gasteiger partial charge in [-0.25, -0.2) is 9.78 Å². The Bertz CT molecular complexity index is 1720. The van der Waals surface area contributed by atoms with Crippen molar-refractivity contribution in [1.29, 1.82) is 0 Å². The van der Waals surface area contributed by atoms with Gasteiger partial charge in [0.1, 0.15) is 13.1 Å². The van der Waals surface area contributed by atoms with Gasteiger partial charge in [-0.05, 0) is 43.2 Å². The van der Waals surface area contributed by atoms with E-state index in [9.17, 15) is 22.8 Å². The number of fused-ring (bicyclic) bond motifs is 2. The summed E-state index contributed by atoms with van der Waals surface area (Å²) in [6.07, 6.45) is 4.98. The van der Waals surface area contributed by atoms with Gasteiger partial charge in [-0.3, -0.25) is 18.9 Å². The SMILES string of the molecule is CC.CC.CC.CCCC.Cc1cc(-c2nccn3cncc23)ccc1-n1c(=O)n(CC(=O)NCC(F)(F)F)c2cccc(C)c21. The Hall–Kier alpha value is -4.41. The molecule has 8 nitrogen and oxygen atoms in total. The zero-order valence-electron chi connectivity index (χ0n) is 28.8. The third kappa shape index (κ3) is 9.79. The first-order valence-electron chi connectivity index (χ1n) is 16.0. The van der Waals surface area contributed by atoms with Gasteiger partial charge in [-0.1, -0.05) is 86.4 Å². The van der Waals surface area contributed by atoms with Crippen LogP contribution in [0, 0.1) is 13.8 Å². The predicted octanol–water partition coefficient (Wildman–Crippen LogP) is 8.68. The number of alkyl halides is 3. The van der Waals surface area contributed by atoms with E-state index in [0.717, 1.165) is 27.9 Å². The number of aromatic nitrogens is 5. The Labute approximate surface area is 270 Å². The molecule has 1 amide bonds. The number of unbranched alkanes of at least 4 members (excludes halogenated alkanes) is 1. The van der Waals surface area contributed by atoms with Crippen molar-refractivity contribution in [3.8, 4) is 16.9 Å². The van der Waals surface area contributed by atoms with Crippen molar-refractivity contribution < 1.29 is 18.0 Å². The second kappa shape index (κ2) is 19.2. The average molecular weight is 643 g/mol. The van der Waals surface area contributed by atoms with Crippen molar-refractivity contribution in [2.24, 2.45) is 0 Å². The van der Waals surface area contributed by atoms with Gasteiger partial charge in [-0.2, -0.15) is 13.2 Å². The van der Waals surface area contributed by atoms with Crippen LogP contribution in [0.4, 0.5) is 13.2 Å². The van der Waals surface area contributed by atoms with Gasteiger partial charge in [0.2, 0.25) is 5.91 Å². The number of aryl methyl sites for hydroxylation is 2. The highest BCUT2D eigenvalue weighted by molar-refractivity contribution is 5.85. The number of carbonyl (C=O) groups is 1. The maximum atomic E-state index is 13.5. The van der Waals surface area contributed by atoms with E-state index in [4.69, 9.17) is 0 Å². The predicted molar refractivity (Wildman–Crippen MR) is 183 cm³/mol. The lowest BCUT2D eigenvalue weighted by Crippen LogP contribution is -2.38. The molecule has 252 valence electrons. The van der Waals surface area contributed by atoms with Crippen LogP contribution in [-0.4, -0.2) is 42.1 Å². The van der Waals surface area contributed by atoms with Crippen LogP contribution in [-0.2, 0) is 11.3 Å². The van der Waals surface area contributed by atoms with Crippen LogP contribution in [0.15, 0.2) is 66.1 Å². The van der Waals surface area contributed by atoms with Crippen LogP contribution in [0.5, 0.6) is 0 Å². The monoisotopic (exact) mass is 642 g/mol. The van der Waals surface area contributed by atoms with Gasteiger partial charge in [-0.15, -0.1) is 0 Å². The summed E-state index contributed by atoms with van der Waals surface area (Å²) in [7, 11) is 0. The molecule has 5 aromatic rings. The summed E-state index contributed by atoms with van der Waals surface area (Å²) < 4.78 is 42.2. The number of imidazole rings is 2. The minimum atomic E-state index is -4.54. The van der Waals surface area contributed by atoms with E-state index in [1.807, 2.05) is 83.3 Å². The minimum Gasteiger partial charge on any atom is -0.345 e. The van der Waals surface area contributed by atoms with E-state index in [1.165, 1.54) is 22.0 Å². The molecule has 0 spiro atoms. The molecule has 0 aliphatic carbocycles. The molecule has 46 heavy (non-hydrogen) atoms. The second-order valence-corrected chi connectivity index (χ2v) is 9.50. The summed E-state index contributed by atoms with van der Waals surface area (Å²) >= 11 is 0. The molecule has 5 rings (SSSR count). The van der Waals surface area contributed by atoms with Crippen LogP contribution in [0.2, 0.25) is 0 Å². The molecule has 11 heteroatoms. The van der Waals surface area contributed by atoms with Crippen LogP contribution in [0.1, 0.15) is 79.4 Å². The molecule has 0 unspecified atom stereocenters. The number of nitrogens with one attached hydrogen (secondary N) is 1. The van der Waals surface area contributed by atoms with Gasteiger partial charge >= 0.3 is 11.9 Å². The largest absolute Gasteiger partial charge is 0.405 e. The maximum Gasteiger partial charge on any atom is 0.405 e. The van der Waals surface area contributed by atoms with Gasteiger partial charge in [0.25, 0.3) is 0 Å². The number of amides is 1. The molecular weight excluding hydrogens is 593 g/mol. The molecule has 0 atom stereocenters. The fourth-order valence-electron chi connectivity index (χ4n) is 4.37. The number of hydrogen-bond acceptors (Lipinski definition) is 4. The zero-order valence-corrected chi connectivity index (χ0v) is 28.8. The van der Waals surface area contributed by atoms with Crippen molar-refractivity contribution in [3.05, 3.63) is 82.9 Å². The van der Waals surface area contributed by atoms with Gasteiger partial charge in [0.05, 0.1) is 40.5 Å².